The second kappa shape index (κ2) is 9.01. The minimum atomic E-state index is -0.440. The number of aryl methyl sites for hydroxylation is 1. The van der Waals surface area contributed by atoms with Crippen LogP contribution in [0.5, 0.6) is 5.75 Å². The van der Waals surface area contributed by atoms with E-state index in [0.717, 1.165) is 21.6 Å². The number of nitrogens with zero attached hydrogens (tertiary/aromatic N) is 2. The van der Waals surface area contributed by atoms with Crippen LogP contribution in [-0.2, 0) is 9.53 Å². The highest BCUT2D eigenvalue weighted by Gasteiger charge is 2.17. The SMILES string of the molecule is CCOC(=O)COc1cccc(NC(=O)c2cc3c(C)nn(-c4ccccc4)c3s2)c1. The molecule has 0 aliphatic rings. The Morgan fingerprint density at radius 3 is 2.68 bits per heavy atom. The van der Waals surface area contributed by atoms with Crippen LogP contribution in [0.2, 0.25) is 0 Å². The van der Waals surface area contributed by atoms with Crippen molar-refractivity contribution in [2.24, 2.45) is 0 Å². The van der Waals surface area contributed by atoms with Crippen molar-refractivity contribution in [1.29, 1.82) is 0 Å². The topological polar surface area (TPSA) is 82.4 Å². The lowest BCUT2D eigenvalue weighted by Gasteiger charge is -2.08. The van der Waals surface area contributed by atoms with Crippen molar-refractivity contribution in [2.45, 2.75) is 13.8 Å². The molecule has 0 aliphatic carbocycles. The summed E-state index contributed by atoms with van der Waals surface area (Å²) in [6.45, 7) is 3.78. The number of carbonyl (C=O) groups is 2. The highest BCUT2D eigenvalue weighted by Crippen LogP contribution is 2.31. The van der Waals surface area contributed by atoms with Gasteiger partial charge in [-0.05, 0) is 44.2 Å². The van der Waals surface area contributed by atoms with E-state index in [2.05, 4.69) is 10.4 Å². The number of aromatic nitrogens is 2. The van der Waals surface area contributed by atoms with Gasteiger partial charge in [0.25, 0.3) is 5.91 Å². The molecule has 7 nitrogen and oxygen atoms in total. The van der Waals surface area contributed by atoms with Gasteiger partial charge in [-0.1, -0.05) is 24.3 Å². The van der Waals surface area contributed by atoms with E-state index in [9.17, 15) is 9.59 Å². The summed E-state index contributed by atoms with van der Waals surface area (Å²) in [7, 11) is 0. The molecule has 0 spiro atoms. The Morgan fingerprint density at radius 1 is 1.10 bits per heavy atom. The van der Waals surface area contributed by atoms with Crippen LogP contribution < -0.4 is 10.1 Å². The summed E-state index contributed by atoms with van der Waals surface area (Å²) in [6.07, 6.45) is 0. The fourth-order valence-electron chi connectivity index (χ4n) is 3.10. The highest BCUT2D eigenvalue weighted by atomic mass is 32.1. The molecule has 4 rings (SSSR count). The van der Waals surface area contributed by atoms with Crippen molar-refractivity contribution in [3.63, 3.8) is 0 Å². The number of hydrogen-bond donors (Lipinski definition) is 1. The number of ether oxygens (including phenoxy) is 2. The van der Waals surface area contributed by atoms with Gasteiger partial charge in [0.15, 0.2) is 6.61 Å². The monoisotopic (exact) mass is 435 g/mol. The Hall–Kier alpha value is -3.65. The van der Waals surface area contributed by atoms with Crippen LogP contribution in [0.4, 0.5) is 5.69 Å². The van der Waals surface area contributed by atoms with Gasteiger partial charge in [0.05, 0.1) is 22.9 Å². The second-order valence-corrected chi connectivity index (χ2v) is 7.77. The van der Waals surface area contributed by atoms with Crippen LogP contribution >= 0.6 is 11.3 Å². The summed E-state index contributed by atoms with van der Waals surface area (Å²) in [5.74, 6) is -0.189. The molecule has 0 atom stereocenters. The quantitative estimate of drug-likeness (QED) is 0.429. The predicted molar refractivity (Wildman–Crippen MR) is 120 cm³/mol. The van der Waals surface area contributed by atoms with Gasteiger partial charge < -0.3 is 14.8 Å². The Balaban J connectivity index is 1.52. The molecule has 0 bridgehead atoms. The molecule has 1 N–H and O–H groups in total. The summed E-state index contributed by atoms with van der Waals surface area (Å²) in [5.41, 5.74) is 2.38. The fourth-order valence-corrected chi connectivity index (χ4v) is 4.18. The maximum absolute atomic E-state index is 12.9. The van der Waals surface area contributed by atoms with Crippen LogP contribution in [0, 0.1) is 6.92 Å². The van der Waals surface area contributed by atoms with Crippen molar-refractivity contribution in [1.82, 2.24) is 9.78 Å². The van der Waals surface area contributed by atoms with E-state index in [0.29, 0.717) is 22.9 Å². The van der Waals surface area contributed by atoms with Gasteiger partial charge in [0.2, 0.25) is 0 Å². The molecule has 0 saturated carbocycles. The van der Waals surface area contributed by atoms with Crippen molar-refractivity contribution >= 4 is 39.1 Å². The zero-order valence-electron chi connectivity index (χ0n) is 17.1. The van der Waals surface area contributed by atoms with Gasteiger partial charge in [-0.25, -0.2) is 9.48 Å². The number of anilines is 1. The zero-order chi connectivity index (χ0) is 21.8. The van der Waals surface area contributed by atoms with Gasteiger partial charge >= 0.3 is 5.97 Å². The van der Waals surface area contributed by atoms with Crippen LogP contribution in [0.15, 0.2) is 60.7 Å². The number of amides is 1. The number of fused-ring (bicyclic) bond motifs is 1. The van der Waals surface area contributed by atoms with E-state index in [1.807, 2.05) is 48.0 Å². The number of esters is 1. The number of benzene rings is 2. The lowest BCUT2D eigenvalue weighted by Crippen LogP contribution is -2.15. The second-order valence-electron chi connectivity index (χ2n) is 6.74. The Labute approximate surface area is 183 Å². The van der Waals surface area contributed by atoms with Gasteiger partial charge in [-0.3, -0.25) is 4.79 Å². The molecule has 0 saturated heterocycles. The molecule has 0 aliphatic heterocycles. The molecular formula is C23H21N3O4S. The minimum Gasteiger partial charge on any atom is -0.482 e. The van der Waals surface area contributed by atoms with Gasteiger partial charge in [-0.15, -0.1) is 11.3 Å². The summed E-state index contributed by atoms with van der Waals surface area (Å²) < 4.78 is 12.1. The maximum Gasteiger partial charge on any atom is 0.344 e. The lowest BCUT2D eigenvalue weighted by molar-refractivity contribution is -0.145. The average Bonchev–Trinajstić information content (AvgIpc) is 3.34. The summed E-state index contributed by atoms with van der Waals surface area (Å²) in [5, 5.41) is 8.44. The molecule has 158 valence electrons. The van der Waals surface area contributed by atoms with Crippen LogP contribution in [-0.4, -0.2) is 34.9 Å². The van der Waals surface area contributed by atoms with E-state index in [1.54, 1.807) is 31.2 Å². The van der Waals surface area contributed by atoms with E-state index in [4.69, 9.17) is 9.47 Å². The third kappa shape index (κ3) is 4.59. The van der Waals surface area contributed by atoms with Crippen molar-refractivity contribution < 1.29 is 19.1 Å². The Bertz CT molecular complexity index is 1230. The van der Waals surface area contributed by atoms with E-state index >= 15 is 0 Å². The minimum absolute atomic E-state index is 0.184. The van der Waals surface area contributed by atoms with Gasteiger partial charge in [0, 0.05) is 17.1 Å². The molecule has 8 heteroatoms. The molecule has 0 unspecified atom stereocenters. The van der Waals surface area contributed by atoms with Crippen molar-refractivity contribution in [3.05, 3.63) is 71.2 Å². The predicted octanol–water partition coefficient (Wildman–Crippen LogP) is 4.59. The maximum atomic E-state index is 12.9. The number of nitrogens with one attached hydrogen (secondary N) is 1. The molecule has 0 fully saturated rings. The van der Waals surface area contributed by atoms with Crippen LogP contribution in [0.3, 0.4) is 0 Å². The third-order valence-electron chi connectivity index (χ3n) is 4.52. The number of carbonyl (C=O) groups excluding carboxylic acids is 2. The van der Waals surface area contributed by atoms with E-state index < -0.39 is 5.97 Å². The molecule has 1 amide bonds. The van der Waals surface area contributed by atoms with Crippen molar-refractivity contribution in [2.75, 3.05) is 18.5 Å². The van der Waals surface area contributed by atoms with Gasteiger partial charge in [0.1, 0.15) is 10.6 Å². The van der Waals surface area contributed by atoms with Gasteiger partial charge in [-0.2, -0.15) is 5.10 Å². The number of thiophene rings is 1. The number of hydrogen-bond acceptors (Lipinski definition) is 6. The zero-order valence-corrected chi connectivity index (χ0v) is 17.9. The summed E-state index contributed by atoms with van der Waals surface area (Å²) in [6, 6.07) is 18.6. The number of para-hydroxylation sites is 1. The summed E-state index contributed by atoms with van der Waals surface area (Å²) >= 11 is 1.39. The van der Waals surface area contributed by atoms with E-state index in [1.165, 1.54) is 11.3 Å². The molecule has 2 aromatic carbocycles. The standard InChI is InChI=1S/C23H21N3O4S/c1-3-29-21(27)14-30-18-11-7-8-16(12-18)24-22(28)20-13-19-15(2)25-26(23(19)31-20)17-9-5-4-6-10-17/h4-13H,3,14H2,1-2H3,(H,24,28). The first-order valence-electron chi connectivity index (χ1n) is 9.79. The lowest BCUT2D eigenvalue weighted by atomic mass is 10.2. The normalized spacial score (nSPS) is 10.8. The van der Waals surface area contributed by atoms with E-state index in [-0.39, 0.29) is 12.5 Å². The molecule has 4 aromatic rings. The first-order chi connectivity index (χ1) is 15.0. The number of rotatable bonds is 7. The van der Waals surface area contributed by atoms with Crippen LogP contribution in [0.1, 0.15) is 22.3 Å². The highest BCUT2D eigenvalue weighted by molar-refractivity contribution is 7.20. The summed E-state index contributed by atoms with van der Waals surface area (Å²) in [4.78, 5) is 25.8. The van der Waals surface area contributed by atoms with Crippen molar-refractivity contribution in [3.8, 4) is 11.4 Å². The first kappa shape index (κ1) is 20.6. The molecular weight excluding hydrogens is 414 g/mol. The average molecular weight is 436 g/mol. The smallest absolute Gasteiger partial charge is 0.344 e. The fraction of sp³-hybridized carbons (Fsp3) is 0.174. The molecule has 31 heavy (non-hydrogen) atoms. The first-order valence-corrected chi connectivity index (χ1v) is 10.6. The third-order valence-corrected chi connectivity index (χ3v) is 5.63. The Kier molecular flexibility index (Phi) is 5.99. The molecule has 0 radical (unpaired) electrons. The Morgan fingerprint density at radius 2 is 1.90 bits per heavy atom. The molecule has 2 heterocycles. The van der Waals surface area contributed by atoms with Crippen LogP contribution in [0.25, 0.3) is 15.9 Å². The molecule has 2 aromatic heterocycles. The largest absolute Gasteiger partial charge is 0.482 e.